The van der Waals surface area contributed by atoms with Crippen molar-refractivity contribution >= 4 is 28.5 Å². The molecule has 10 nitrogen and oxygen atoms in total. The summed E-state index contributed by atoms with van der Waals surface area (Å²) in [4.78, 5) is 26.2. The molecule has 0 radical (unpaired) electrons. The van der Waals surface area contributed by atoms with Crippen molar-refractivity contribution in [3.05, 3.63) is 95.5 Å². The maximum Gasteiger partial charge on any atom is 0.272 e. The normalized spacial score (nSPS) is 14.8. The third-order valence-electron chi connectivity index (χ3n) is 7.92. The van der Waals surface area contributed by atoms with Crippen molar-refractivity contribution in [2.75, 3.05) is 13.1 Å². The van der Waals surface area contributed by atoms with E-state index in [1.54, 1.807) is 17.1 Å². The van der Waals surface area contributed by atoms with Crippen LogP contribution in [-0.2, 0) is 6.54 Å². The Hall–Kier alpha value is -4.77. The number of carbonyl (C=O) groups excluding carboxylic acids is 1. The lowest BCUT2D eigenvalue weighted by Crippen LogP contribution is -2.40. The topological polar surface area (TPSA) is 116 Å². The fourth-order valence-corrected chi connectivity index (χ4v) is 6.27. The highest BCUT2D eigenvalue weighted by Gasteiger charge is 2.31. The summed E-state index contributed by atoms with van der Waals surface area (Å²) in [6.45, 7) is 3.82. The fraction of sp³-hybridized carbons (Fsp3) is 0.258. The Bertz CT molecular complexity index is 1820. The molecule has 1 saturated heterocycles. The van der Waals surface area contributed by atoms with E-state index in [9.17, 15) is 4.79 Å². The van der Waals surface area contributed by atoms with Crippen LogP contribution < -0.4 is 0 Å². The van der Waals surface area contributed by atoms with Crippen LogP contribution in [0, 0.1) is 12.8 Å². The number of rotatable bonds is 7. The number of pyridine rings is 1. The highest BCUT2D eigenvalue weighted by molar-refractivity contribution is 7.03. The summed E-state index contributed by atoms with van der Waals surface area (Å²) in [5.74, 6) is 1.66. The molecule has 0 saturated carbocycles. The number of tetrazole rings is 1. The monoisotopic (exact) mass is 576 g/mol. The molecule has 0 bridgehead atoms. The second kappa shape index (κ2) is 11.2. The molecule has 42 heavy (non-hydrogen) atoms. The van der Waals surface area contributed by atoms with E-state index in [1.165, 1.54) is 17.1 Å². The summed E-state index contributed by atoms with van der Waals surface area (Å²) >= 11 is 1.41. The van der Waals surface area contributed by atoms with Crippen molar-refractivity contribution in [1.82, 2.24) is 39.4 Å². The minimum Gasteiger partial charge on any atom is -0.436 e. The number of benzene rings is 2. The molecule has 11 heteroatoms. The summed E-state index contributed by atoms with van der Waals surface area (Å²) in [7, 11) is 0. The van der Waals surface area contributed by atoms with Gasteiger partial charge in [0.25, 0.3) is 5.91 Å². The van der Waals surface area contributed by atoms with Gasteiger partial charge in [0.15, 0.2) is 11.4 Å². The average Bonchev–Trinajstić information content (AvgIpc) is 3.81. The number of hydrogen-bond acceptors (Lipinski definition) is 9. The van der Waals surface area contributed by atoms with Crippen molar-refractivity contribution in [3.63, 3.8) is 0 Å². The minimum absolute atomic E-state index is 0.0801. The first-order valence-corrected chi connectivity index (χ1v) is 14.8. The first kappa shape index (κ1) is 26.1. The fourth-order valence-electron chi connectivity index (χ4n) is 5.73. The van der Waals surface area contributed by atoms with Crippen LogP contribution in [0.25, 0.3) is 33.7 Å². The number of carbonyl (C=O) groups is 1. The standard InChI is InChI=1S/C31H28N8O2S/c1-20-35-37-39(36-20)18-26(21-5-3-2-4-6-21)22-10-13-38(14-11-22)31(40)28-16-24(9-12-32-28)30-34-27-15-23(7-8-29(27)41-30)25-17-33-42-19-25/h2-9,12,15-17,19,22,26H,10-11,13-14,18H2,1H3. The molecule has 2 aromatic carbocycles. The zero-order valence-electron chi connectivity index (χ0n) is 23.0. The Morgan fingerprint density at radius 2 is 1.90 bits per heavy atom. The van der Waals surface area contributed by atoms with Gasteiger partial charge in [-0.25, -0.2) is 9.36 Å². The van der Waals surface area contributed by atoms with E-state index in [4.69, 9.17) is 9.40 Å². The first-order valence-electron chi connectivity index (χ1n) is 14.0. The molecular formula is C31H28N8O2S. The van der Waals surface area contributed by atoms with Crippen molar-refractivity contribution in [2.24, 2.45) is 5.92 Å². The Labute approximate surface area is 246 Å². The van der Waals surface area contributed by atoms with Crippen LogP contribution in [0.5, 0.6) is 0 Å². The minimum atomic E-state index is -0.0801. The van der Waals surface area contributed by atoms with Gasteiger partial charge in [0.2, 0.25) is 5.89 Å². The Morgan fingerprint density at radius 3 is 2.67 bits per heavy atom. The number of nitrogens with zero attached hydrogens (tertiary/aromatic N) is 8. The molecule has 1 atom stereocenters. The number of hydrogen-bond donors (Lipinski definition) is 0. The third-order valence-corrected chi connectivity index (χ3v) is 8.50. The number of amides is 1. The SMILES string of the molecule is Cc1nnn(CC(c2ccccc2)C2CCN(C(=O)c3cc(-c4nc5cc(-c6cnsc6)ccc5o4)ccn3)CC2)n1. The van der Waals surface area contributed by atoms with E-state index >= 15 is 0 Å². The van der Waals surface area contributed by atoms with Gasteiger partial charge in [-0.05, 0) is 77.8 Å². The predicted molar refractivity (Wildman–Crippen MR) is 159 cm³/mol. The third kappa shape index (κ3) is 5.30. The highest BCUT2D eigenvalue weighted by atomic mass is 32.1. The summed E-state index contributed by atoms with van der Waals surface area (Å²) in [5.41, 5.74) is 5.89. The number of fused-ring (bicyclic) bond motifs is 1. The molecule has 1 amide bonds. The van der Waals surface area contributed by atoms with E-state index in [2.05, 4.69) is 49.0 Å². The maximum absolute atomic E-state index is 13.5. The predicted octanol–water partition coefficient (Wildman–Crippen LogP) is 5.64. The molecule has 0 spiro atoms. The van der Waals surface area contributed by atoms with Crippen LogP contribution in [-0.4, -0.2) is 58.4 Å². The van der Waals surface area contributed by atoms with Gasteiger partial charge in [-0.3, -0.25) is 9.78 Å². The summed E-state index contributed by atoms with van der Waals surface area (Å²) in [5, 5.41) is 14.7. The number of aryl methyl sites for hydroxylation is 1. The van der Waals surface area contributed by atoms with Crippen LogP contribution >= 0.6 is 11.5 Å². The summed E-state index contributed by atoms with van der Waals surface area (Å²) in [6, 6.07) is 20.0. The van der Waals surface area contributed by atoms with E-state index < -0.39 is 0 Å². The van der Waals surface area contributed by atoms with Crippen molar-refractivity contribution < 1.29 is 9.21 Å². The summed E-state index contributed by atoms with van der Waals surface area (Å²) < 4.78 is 10.2. The van der Waals surface area contributed by atoms with Gasteiger partial charge in [-0.15, -0.1) is 10.2 Å². The molecule has 210 valence electrons. The molecule has 5 heterocycles. The van der Waals surface area contributed by atoms with Crippen LogP contribution in [0.3, 0.4) is 0 Å². The zero-order valence-corrected chi connectivity index (χ0v) is 23.8. The summed E-state index contributed by atoms with van der Waals surface area (Å²) in [6.07, 6.45) is 5.25. The van der Waals surface area contributed by atoms with Gasteiger partial charge in [-0.2, -0.15) is 4.80 Å². The van der Waals surface area contributed by atoms with Gasteiger partial charge in [0.05, 0.1) is 6.54 Å². The van der Waals surface area contributed by atoms with E-state index in [1.807, 2.05) is 53.7 Å². The number of piperidine rings is 1. The number of aromatic nitrogens is 7. The molecule has 7 rings (SSSR count). The molecule has 0 aliphatic carbocycles. The lowest BCUT2D eigenvalue weighted by atomic mass is 9.80. The van der Waals surface area contributed by atoms with Crippen molar-refractivity contribution in [1.29, 1.82) is 0 Å². The van der Waals surface area contributed by atoms with Gasteiger partial charge in [-0.1, -0.05) is 36.4 Å². The average molecular weight is 577 g/mol. The van der Waals surface area contributed by atoms with Crippen molar-refractivity contribution in [2.45, 2.75) is 32.2 Å². The lowest BCUT2D eigenvalue weighted by Gasteiger charge is -2.36. The Kier molecular flexibility index (Phi) is 7.00. The van der Waals surface area contributed by atoms with E-state index in [0.717, 1.165) is 35.0 Å². The molecule has 1 fully saturated rings. The number of likely N-dealkylation sites (tertiary alicyclic amines) is 1. The van der Waals surface area contributed by atoms with Gasteiger partial charge < -0.3 is 9.32 Å². The molecule has 1 unspecified atom stereocenters. The van der Waals surface area contributed by atoms with Gasteiger partial charge >= 0.3 is 0 Å². The maximum atomic E-state index is 13.5. The van der Waals surface area contributed by atoms with E-state index in [0.29, 0.717) is 48.5 Å². The Balaban J connectivity index is 1.06. The molecule has 4 aromatic heterocycles. The lowest BCUT2D eigenvalue weighted by molar-refractivity contribution is 0.0666. The van der Waals surface area contributed by atoms with Crippen LogP contribution in [0.2, 0.25) is 0 Å². The van der Waals surface area contributed by atoms with Crippen LogP contribution in [0.15, 0.2) is 82.9 Å². The largest absolute Gasteiger partial charge is 0.436 e. The van der Waals surface area contributed by atoms with E-state index in [-0.39, 0.29) is 11.8 Å². The molecular weight excluding hydrogens is 548 g/mol. The van der Waals surface area contributed by atoms with Crippen LogP contribution in [0.1, 0.15) is 40.6 Å². The molecule has 1 aliphatic heterocycles. The van der Waals surface area contributed by atoms with Gasteiger partial charge in [0, 0.05) is 47.9 Å². The highest BCUT2D eigenvalue weighted by Crippen LogP contribution is 2.35. The molecule has 0 N–H and O–H groups in total. The smallest absolute Gasteiger partial charge is 0.272 e. The molecule has 6 aromatic rings. The quantitative estimate of drug-likeness (QED) is 0.240. The Morgan fingerprint density at radius 1 is 1.05 bits per heavy atom. The molecule has 1 aliphatic rings. The first-order chi connectivity index (χ1) is 20.6. The van der Waals surface area contributed by atoms with Crippen LogP contribution in [0.4, 0.5) is 0 Å². The number of oxazole rings is 1. The zero-order chi connectivity index (χ0) is 28.5. The second-order valence-corrected chi connectivity index (χ2v) is 11.2. The second-order valence-electron chi connectivity index (χ2n) is 10.6. The van der Waals surface area contributed by atoms with Gasteiger partial charge in [0.1, 0.15) is 11.2 Å². The van der Waals surface area contributed by atoms with Crippen molar-refractivity contribution in [3.8, 4) is 22.6 Å².